The van der Waals surface area contributed by atoms with E-state index in [9.17, 15) is 9.59 Å². The second kappa shape index (κ2) is 7.42. The standard InChI is InChI=1S/C18H19NO3S/c20-17-6-2-12-19(17)14-8-10-15(11-9-14)22-18(21)7-1-4-16-5-3-13-23-16/h3,5,8-11,13H,1-2,4,6-7,12H2. The molecule has 1 aliphatic heterocycles. The van der Waals surface area contributed by atoms with Crippen LogP contribution in [0.4, 0.5) is 5.69 Å². The van der Waals surface area contributed by atoms with Crippen molar-refractivity contribution in [2.75, 3.05) is 11.4 Å². The van der Waals surface area contributed by atoms with Crippen molar-refractivity contribution in [2.45, 2.75) is 32.1 Å². The number of hydrogen-bond donors (Lipinski definition) is 0. The van der Waals surface area contributed by atoms with E-state index in [4.69, 9.17) is 4.74 Å². The van der Waals surface area contributed by atoms with Crippen molar-refractivity contribution in [1.29, 1.82) is 0 Å². The number of benzene rings is 1. The van der Waals surface area contributed by atoms with E-state index in [1.165, 1.54) is 4.88 Å². The molecule has 1 aliphatic rings. The minimum absolute atomic E-state index is 0.156. The fourth-order valence-electron chi connectivity index (χ4n) is 2.66. The van der Waals surface area contributed by atoms with E-state index in [0.717, 1.165) is 31.5 Å². The maximum absolute atomic E-state index is 11.9. The summed E-state index contributed by atoms with van der Waals surface area (Å²) in [6.45, 7) is 0.765. The van der Waals surface area contributed by atoms with E-state index < -0.39 is 0 Å². The highest BCUT2D eigenvalue weighted by atomic mass is 32.1. The number of hydrogen-bond acceptors (Lipinski definition) is 4. The number of amides is 1. The van der Waals surface area contributed by atoms with E-state index in [0.29, 0.717) is 18.6 Å². The topological polar surface area (TPSA) is 46.6 Å². The van der Waals surface area contributed by atoms with Gasteiger partial charge in [0.2, 0.25) is 5.91 Å². The first kappa shape index (κ1) is 15.7. The second-order valence-electron chi connectivity index (χ2n) is 5.55. The Morgan fingerprint density at radius 2 is 2.04 bits per heavy atom. The molecule has 0 N–H and O–H groups in total. The summed E-state index contributed by atoms with van der Waals surface area (Å²) < 4.78 is 5.34. The first-order valence-electron chi connectivity index (χ1n) is 7.86. The molecule has 5 heteroatoms. The Kier molecular flexibility index (Phi) is 5.08. The van der Waals surface area contributed by atoms with Crippen LogP contribution in [0.2, 0.25) is 0 Å². The van der Waals surface area contributed by atoms with Crippen molar-refractivity contribution in [3.8, 4) is 5.75 Å². The van der Waals surface area contributed by atoms with Gasteiger partial charge >= 0.3 is 5.97 Å². The Labute approximate surface area is 139 Å². The molecule has 1 amide bonds. The summed E-state index contributed by atoms with van der Waals surface area (Å²) >= 11 is 1.71. The highest BCUT2D eigenvalue weighted by Gasteiger charge is 2.21. The van der Waals surface area contributed by atoms with Gasteiger partial charge in [-0.15, -0.1) is 11.3 Å². The van der Waals surface area contributed by atoms with Gasteiger partial charge in [-0.25, -0.2) is 0 Å². The quantitative estimate of drug-likeness (QED) is 0.598. The lowest BCUT2D eigenvalue weighted by atomic mass is 10.2. The summed E-state index contributed by atoms with van der Waals surface area (Å²) in [7, 11) is 0. The van der Waals surface area contributed by atoms with Crippen molar-refractivity contribution >= 4 is 28.9 Å². The third-order valence-electron chi connectivity index (χ3n) is 3.84. The van der Waals surface area contributed by atoms with Gasteiger partial charge in [-0.1, -0.05) is 6.07 Å². The Morgan fingerprint density at radius 3 is 2.70 bits per heavy atom. The van der Waals surface area contributed by atoms with Crippen molar-refractivity contribution in [2.24, 2.45) is 0 Å². The average molecular weight is 329 g/mol. The molecule has 0 saturated carbocycles. The lowest BCUT2D eigenvalue weighted by molar-refractivity contribution is -0.134. The van der Waals surface area contributed by atoms with Gasteiger partial charge in [0.05, 0.1) is 0 Å². The largest absolute Gasteiger partial charge is 0.427 e. The minimum atomic E-state index is -0.216. The summed E-state index contributed by atoms with van der Waals surface area (Å²) in [6.07, 6.45) is 3.62. The molecule has 120 valence electrons. The number of anilines is 1. The summed E-state index contributed by atoms with van der Waals surface area (Å²) in [6, 6.07) is 11.3. The molecule has 1 saturated heterocycles. The molecule has 0 bridgehead atoms. The van der Waals surface area contributed by atoms with E-state index in [1.54, 1.807) is 28.4 Å². The fraction of sp³-hybridized carbons (Fsp3) is 0.333. The number of carbonyl (C=O) groups is 2. The van der Waals surface area contributed by atoms with Crippen LogP contribution in [0.5, 0.6) is 5.75 Å². The number of aryl methyl sites for hydroxylation is 1. The van der Waals surface area contributed by atoms with Crippen LogP contribution in [0.15, 0.2) is 41.8 Å². The molecule has 3 rings (SSSR count). The summed E-state index contributed by atoms with van der Waals surface area (Å²) in [5.74, 6) is 0.469. The highest BCUT2D eigenvalue weighted by molar-refractivity contribution is 7.09. The Hall–Kier alpha value is -2.14. The number of rotatable bonds is 6. The number of carbonyl (C=O) groups excluding carboxylic acids is 2. The highest BCUT2D eigenvalue weighted by Crippen LogP contribution is 2.24. The van der Waals surface area contributed by atoms with E-state index in [-0.39, 0.29) is 11.9 Å². The zero-order chi connectivity index (χ0) is 16.1. The summed E-state index contributed by atoms with van der Waals surface area (Å²) in [5, 5.41) is 2.04. The number of nitrogens with zero attached hydrogens (tertiary/aromatic N) is 1. The average Bonchev–Trinajstić information content (AvgIpc) is 3.20. The fourth-order valence-corrected chi connectivity index (χ4v) is 3.41. The minimum Gasteiger partial charge on any atom is -0.427 e. The van der Waals surface area contributed by atoms with Gasteiger partial charge in [0.1, 0.15) is 5.75 Å². The molecule has 0 spiro atoms. The SMILES string of the molecule is O=C(CCCc1cccs1)Oc1ccc(N2CCCC2=O)cc1. The number of ether oxygens (including phenoxy) is 1. The normalized spacial score (nSPS) is 14.3. The van der Waals surface area contributed by atoms with Gasteiger partial charge in [0.25, 0.3) is 0 Å². The third kappa shape index (κ3) is 4.20. The molecule has 1 aromatic carbocycles. The predicted molar refractivity (Wildman–Crippen MR) is 90.9 cm³/mol. The molecule has 0 radical (unpaired) electrons. The first-order valence-corrected chi connectivity index (χ1v) is 8.74. The van der Waals surface area contributed by atoms with E-state index in [1.807, 2.05) is 23.6 Å². The number of esters is 1. The Morgan fingerprint density at radius 1 is 1.22 bits per heavy atom. The molecule has 0 atom stereocenters. The maximum atomic E-state index is 11.9. The van der Waals surface area contributed by atoms with Crippen molar-refractivity contribution in [3.63, 3.8) is 0 Å². The maximum Gasteiger partial charge on any atom is 0.311 e. The van der Waals surface area contributed by atoms with Crippen LogP contribution < -0.4 is 9.64 Å². The van der Waals surface area contributed by atoms with E-state index in [2.05, 4.69) is 6.07 Å². The monoisotopic (exact) mass is 329 g/mol. The summed E-state index contributed by atoms with van der Waals surface area (Å²) in [5.41, 5.74) is 0.866. The molecule has 4 nitrogen and oxygen atoms in total. The van der Waals surface area contributed by atoms with Crippen LogP contribution in [0.1, 0.15) is 30.6 Å². The molecule has 1 fully saturated rings. The van der Waals surface area contributed by atoms with Crippen LogP contribution in [0, 0.1) is 0 Å². The van der Waals surface area contributed by atoms with Crippen LogP contribution in [-0.2, 0) is 16.0 Å². The molecule has 23 heavy (non-hydrogen) atoms. The Bertz CT molecular complexity index is 664. The van der Waals surface area contributed by atoms with Crippen LogP contribution in [0.3, 0.4) is 0 Å². The molecular weight excluding hydrogens is 310 g/mol. The zero-order valence-electron chi connectivity index (χ0n) is 12.9. The summed E-state index contributed by atoms with van der Waals surface area (Å²) in [4.78, 5) is 26.6. The molecular formula is C18H19NO3S. The molecule has 0 unspecified atom stereocenters. The van der Waals surface area contributed by atoms with Gasteiger partial charge in [-0.3, -0.25) is 9.59 Å². The third-order valence-corrected chi connectivity index (χ3v) is 4.77. The van der Waals surface area contributed by atoms with Crippen molar-refractivity contribution in [1.82, 2.24) is 0 Å². The van der Waals surface area contributed by atoms with Crippen LogP contribution >= 0.6 is 11.3 Å². The van der Waals surface area contributed by atoms with Gasteiger partial charge in [0, 0.05) is 30.0 Å². The molecule has 1 aromatic heterocycles. The van der Waals surface area contributed by atoms with Gasteiger partial charge in [0.15, 0.2) is 0 Å². The number of thiophene rings is 1. The van der Waals surface area contributed by atoms with Crippen LogP contribution in [-0.4, -0.2) is 18.4 Å². The first-order chi connectivity index (χ1) is 11.2. The van der Waals surface area contributed by atoms with Crippen LogP contribution in [0.25, 0.3) is 0 Å². The zero-order valence-corrected chi connectivity index (χ0v) is 13.7. The van der Waals surface area contributed by atoms with Crippen molar-refractivity contribution in [3.05, 3.63) is 46.7 Å². The lowest BCUT2D eigenvalue weighted by Gasteiger charge is -2.15. The molecule has 2 heterocycles. The van der Waals surface area contributed by atoms with Crippen molar-refractivity contribution < 1.29 is 14.3 Å². The molecule has 2 aromatic rings. The second-order valence-corrected chi connectivity index (χ2v) is 6.58. The van der Waals surface area contributed by atoms with Gasteiger partial charge in [-0.05, 0) is 55.0 Å². The van der Waals surface area contributed by atoms with E-state index >= 15 is 0 Å². The van der Waals surface area contributed by atoms with Gasteiger partial charge in [-0.2, -0.15) is 0 Å². The van der Waals surface area contributed by atoms with Gasteiger partial charge < -0.3 is 9.64 Å². The Balaban J connectivity index is 1.47. The lowest BCUT2D eigenvalue weighted by Crippen LogP contribution is -2.23. The smallest absolute Gasteiger partial charge is 0.311 e. The predicted octanol–water partition coefficient (Wildman–Crippen LogP) is 3.80. The molecule has 0 aliphatic carbocycles.